The van der Waals surface area contributed by atoms with E-state index in [0.29, 0.717) is 11.6 Å². The standard InChI is InChI=1S/C15H13N3O/c1-19-14-9-8-13(18-15(14)16)12-7-6-10-4-2-3-5-11(10)17-12/h2-9H,1H3,(H2,16,18). The third-order valence-corrected chi connectivity index (χ3v) is 2.97. The van der Waals surface area contributed by atoms with E-state index < -0.39 is 0 Å². The van der Waals surface area contributed by atoms with Crippen molar-refractivity contribution in [2.75, 3.05) is 12.8 Å². The van der Waals surface area contributed by atoms with Crippen LogP contribution in [0.4, 0.5) is 5.82 Å². The van der Waals surface area contributed by atoms with E-state index in [-0.39, 0.29) is 0 Å². The van der Waals surface area contributed by atoms with Gasteiger partial charge >= 0.3 is 0 Å². The van der Waals surface area contributed by atoms with E-state index in [1.54, 1.807) is 13.2 Å². The maximum absolute atomic E-state index is 5.82. The Bertz CT molecular complexity index is 740. The number of fused-ring (bicyclic) bond motifs is 1. The molecule has 94 valence electrons. The molecule has 19 heavy (non-hydrogen) atoms. The highest BCUT2D eigenvalue weighted by atomic mass is 16.5. The Labute approximate surface area is 110 Å². The number of benzene rings is 1. The average molecular weight is 251 g/mol. The molecule has 0 radical (unpaired) electrons. The van der Waals surface area contributed by atoms with E-state index in [4.69, 9.17) is 10.5 Å². The van der Waals surface area contributed by atoms with Gasteiger partial charge in [0.25, 0.3) is 0 Å². The smallest absolute Gasteiger partial charge is 0.166 e. The monoisotopic (exact) mass is 251 g/mol. The maximum atomic E-state index is 5.82. The molecule has 0 saturated heterocycles. The van der Waals surface area contributed by atoms with Gasteiger partial charge in [0.1, 0.15) is 0 Å². The molecule has 2 heterocycles. The first-order chi connectivity index (χ1) is 9.28. The van der Waals surface area contributed by atoms with Gasteiger partial charge in [0.05, 0.1) is 24.0 Å². The molecule has 0 bridgehead atoms. The van der Waals surface area contributed by atoms with Crippen molar-refractivity contribution in [3.8, 4) is 17.1 Å². The predicted octanol–water partition coefficient (Wildman–Crippen LogP) is 2.89. The Morgan fingerprint density at radius 1 is 0.895 bits per heavy atom. The van der Waals surface area contributed by atoms with Crippen LogP contribution in [0.5, 0.6) is 5.75 Å². The zero-order valence-corrected chi connectivity index (χ0v) is 10.5. The zero-order valence-electron chi connectivity index (χ0n) is 10.5. The molecule has 1 aromatic carbocycles. The molecule has 0 atom stereocenters. The second-order valence-corrected chi connectivity index (χ2v) is 4.17. The number of rotatable bonds is 2. The summed E-state index contributed by atoms with van der Waals surface area (Å²) in [5.74, 6) is 0.944. The highest BCUT2D eigenvalue weighted by Gasteiger charge is 2.06. The minimum Gasteiger partial charge on any atom is -0.493 e. The van der Waals surface area contributed by atoms with Gasteiger partial charge in [0.2, 0.25) is 0 Å². The number of hydrogen-bond donors (Lipinski definition) is 1. The number of methoxy groups -OCH3 is 1. The summed E-state index contributed by atoms with van der Waals surface area (Å²) in [4.78, 5) is 8.89. The molecule has 0 unspecified atom stereocenters. The lowest BCUT2D eigenvalue weighted by Crippen LogP contribution is -1.97. The molecule has 0 saturated carbocycles. The van der Waals surface area contributed by atoms with Crippen LogP contribution in [0, 0.1) is 0 Å². The van der Waals surface area contributed by atoms with Crippen LogP contribution in [0.2, 0.25) is 0 Å². The molecule has 4 heteroatoms. The van der Waals surface area contributed by atoms with Gasteiger partial charge in [-0.25, -0.2) is 9.97 Å². The SMILES string of the molecule is COc1ccc(-c2ccc3ccccc3n2)nc1N. The Morgan fingerprint density at radius 2 is 1.63 bits per heavy atom. The number of nitrogen functional groups attached to an aromatic ring is 1. The van der Waals surface area contributed by atoms with Gasteiger partial charge in [-0.15, -0.1) is 0 Å². The Hall–Kier alpha value is -2.62. The summed E-state index contributed by atoms with van der Waals surface area (Å²) in [6.07, 6.45) is 0. The average Bonchev–Trinajstić information content (AvgIpc) is 2.46. The van der Waals surface area contributed by atoms with Crippen LogP contribution in [-0.4, -0.2) is 17.1 Å². The molecule has 2 aromatic heterocycles. The largest absolute Gasteiger partial charge is 0.493 e. The number of hydrogen-bond acceptors (Lipinski definition) is 4. The third-order valence-electron chi connectivity index (χ3n) is 2.97. The summed E-state index contributed by atoms with van der Waals surface area (Å²) in [6.45, 7) is 0. The minimum atomic E-state index is 0.370. The van der Waals surface area contributed by atoms with Gasteiger partial charge in [-0.2, -0.15) is 0 Å². The molecule has 3 aromatic rings. The van der Waals surface area contributed by atoms with Gasteiger partial charge in [0, 0.05) is 5.39 Å². The molecule has 0 aliphatic heterocycles. The molecule has 0 aliphatic rings. The second kappa shape index (κ2) is 4.57. The van der Waals surface area contributed by atoms with Gasteiger partial charge in [-0.3, -0.25) is 0 Å². The fraction of sp³-hybridized carbons (Fsp3) is 0.0667. The molecule has 0 spiro atoms. The lowest BCUT2D eigenvalue weighted by atomic mass is 10.1. The number of pyridine rings is 2. The Kier molecular flexibility index (Phi) is 2.76. The van der Waals surface area contributed by atoms with E-state index in [0.717, 1.165) is 22.3 Å². The van der Waals surface area contributed by atoms with Crippen molar-refractivity contribution < 1.29 is 4.74 Å². The summed E-state index contributed by atoms with van der Waals surface area (Å²) in [5, 5.41) is 1.10. The van der Waals surface area contributed by atoms with Crippen molar-refractivity contribution in [3.05, 3.63) is 48.5 Å². The predicted molar refractivity (Wildman–Crippen MR) is 75.9 cm³/mol. The number of aromatic nitrogens is 2. The fourth-order valence-corrected chi connectivity index (χ4v) is 1.99. The van der Waals surface area contributed by atoms with Gasteiger partial charge in [-0.05, 0) is 24.3 Å². The minimum absolute atomic E-state index is 0.370. The van der Waals surface area contributed by atoms with Crippen LogP contribution < -0.4 is 10.5 Å². The number of ether oxygens (including phenoxy) is 1. The van der Waals surface area contributed by atoms with Gasteiger partial charge in [-0.1, -0.05) is 24.3 Å². The summed E-state index contributed by atoms with van der Waals surface area (Å²) in [5.41, 5.74) is 8.30. The molecule has 4 nitrogen and oxygen atoms in total. The lowest BCUT2D eigenvalue weighted by molar-refractivity contribution is 0.415. The van der Waals surface area contributed by atoms with Crippen LogP contribution in [0.3, 0.4) is 0 Å². The Balaban J connectivity index is 2.11. The second-order valence-electron chi connectivity index (χ2n) is 4.17. The molecule has 3 rings (SSSR count). The fourth-order valence-electron chi connectivity index (χ4n) is 1.99. The molecular formula is C15H13N3O. The quantitative estimate of drug-likeness (QED) is 0.760. The molecule has 0 fully saturated rings. The van der Waals surface area contributed by atoms with Crippen molar-refractivity contribution in [1.29, 1.82) is 0 Å². The van der Waals surface area contributed by atoms with Crippen LogP contribution in [0.25, 0.3) is 22.3 Å². The molecule has 0 aliphatic carbocycles. The summed E-state index contributed by atoms with van der Waals surface area (Å²) in [7, 11) is 1.57. The number of nitrogens with zero attached hydrogens (tertiary/aromatic N) is 2. The molecule has 0 amide bonds. The zero-order chi connectivity index (χ0) is 13.2. The van der Waals surface area contributed by atoms with E-state index >= 15 is 0 Å². The van der Waals surface area contributed by atoms with Crippen LogP contribution in [-0.2, 0) is 0 Å². The summed E-state index contributed by atoms with van der Waals surface area (Å²) in [6, 6.07) is 15.6. The highest BCUT2D eigenvalue weighted by Crippen LogP contribution is 2.24. The first-order valence-electron chi connectivity index (χ1n) is 5.94. The van der Waals surface area contributed by atoms with Crippen LogP contribution >= 0.6 is 0 Å². The summed E-state index contributed by atoms with van der Waals surface area (Å²) >= 11 is 0. The van der Waals surface area contributed by atoms with Gasteiger partial charge in [0.15, 0.2) is 11.6 Å². The van der Waals surface area contributed by atoms with E-state index in [1.807, 2.05) is 42.5 Å². The molecule has 2 N–H and O–H groups in total. The highest BCUT2D eigenvalue weighted by molar-refractivity contribution is 5.81. The van der Waals surface area contributed by atoms with Crippen LogP contribution in [0.1, 0.15) is 0 Å². The number of para-hydroxylation sites is 1. The van der Waals surface area contributed by atoms with Crippen molar-refractivity contribution in [2.45, 2.75) is 0 Å². The first kappa shape index (κ1) is 11.5. The van der Waals surface area contributed by atoms with E-state index in [9.17, 15) is 0 Å². The lowest BCUT2D eigenvalue weighted by Gasteiger charge is -2.06. The van der Waals surface area contributed by atoms with Crippen molar-refractivity contribution in [2.24, 2.45) is 0 Å². The van der Waals surface area contributed by atoms with E-state index in [2.05, 4.69) is 9.97 Å². The number of nitrogens with two attached hydrogens (primary N) is 1. The topological polar surface area (TPSA) is 61.0 Å². The van der Waals surface area contributed by atoms with Crippen LogP contribution in [0.15, 0.2) is 48.5 Å². The van der Waals surface area contributed by atoms with Crippen molar-refractivity contribution in [3.63, 3.8) is 0 Å². The number of anilines is 1. The third kappa shape index (κ3) is 2.08. The maximum Gasteiger partial charge on any atom is 0.166 e. The van der Waals surface area contributed by atoms with E-state index in [1.165, 1.54) is 0 Å². The normalized spacial score (nSPS) is 10.6. The first-order valence-corrected chi connectivity index (χ1v) is 5.94. The Morgan fingerprint density at radius 3 is 2.42 bits per heavy atom. The molecular weight excluding hydrogens is 238 g/mol. The van der Waals surface area contributed by atoms with Gasteiger partial charge < -0.3 is 10.5 Å². The summed E-state index contributed by atoms with van der Waals surface area (Å²) < 4.78 is 5.10. The van der Waals surface area contributed by atoms with Crippen molar-refractivity contribution in [1.82, 2.24) is 9.97 Å². The van der Waals surface area contributed by atoms with Crippen molar-refractivity contribution >= 4 is 16.7 Å².